The zero-order valence-electron chi connectivity index (χ0n) is 11.4. The molecule has 3 rings (SSSR count). The van der Waals surface area contributed by atoms with Crippen LogP contribution in [-0.4, -0.2) is 23.2 Å². The van der Waals surface area contributed by atoms with E-state index in [4.69, 9.17) is 14.7 Å². The van der Waals surface area contributed by atoms with Crippen molar-refractivity contribution in [2.45, 2.75) is 38.5 Å². The molecule has 0 radical (unpaired) electrons. The van der Waals surface area contributed by atoms with Crippen molar-refractivity contribution in [2.24, 2.45) is 0 Å². The standard InChI is InChI=1S/C16H20N2O/c1-2-3-6-12-11-19-10-9-15-16(12)18-14-8-5-4-7-13(14)17-15/h4-5,7-8,12H,2-3,6,9-11H2,1H3. The average molecular weight is 256 g/mol. The van der Waals surface area contributed by atoms with Crippen molar-refractivity contribution in [3.8, 4) is 0 Å². The van der Waals surface area contributed by atoms with E-state index in [-0.39, 0.29) is 0 Å². The van der Waals surface area contributed by atoms with E-state index < -0.39 is 0 Å². The molecule has 0 spiro atoms. The summed E-state index contributed by atoms with van der Waals surface area (Å²) in [7, 11) is 0. The second-order valence-corrected chi connectivity index (χ2v) is 5.21. The van der Waals surface area contributed by atoms with Crippen LogP contribution in [0.15, 0.2) is 24.3 Å². The summed E-state index contributed by atoms with van der Waals surface area (Å²) in [5.74, 6) is 0.412. The van der Waals surface area contributed by atoms with Crippen LogP contribution in [0.4, 0.5) is 0 Å². The molecule has 0 aliphatic carbocycles. The molecule has 3 nitrogen and oxygen atoms in total. The summed E-state index contributed by atoms with van der Waals surface area (Å²) in [5.41, 5.74) is 4.31. The van der Waals surface area contributed by atoms with Crippen LogP contribution in [-0.2, 0) is 11.2 Å². The van der Waals surface area contributed by atoms with E-state index in [1.165, 1.54) is 18.5 Å². The summed E-state index contributed by atoms with van der Waals surface area (Å²) in [6.07, 6.45) is 4.47. The summed E-state index contributed by atoms with van der Waals surface area (Å²) >= 11 is 0. The first-order chi connectivity index (χ1) is 9.38. The van der Waals surface area contributed by atoms with Gasteiger partial charge < -0.3 is 4.74 Å². The number of unbranched alkanes of at least 4 members (excludes halogenated alkanes) is 1. The summed E-state index contributed by atoms with van der Waals surface area (Å²) in [6, 6.07) is 8.13. The number of hydrogen-bond donors (Lipinski definition) is 0. The molecule has 1 aromatic heterocycles. The van der Waals surface area contributed by atoms with E-state index in [0.29, 0.717) is 5.92 Å². The fourth-order valence-electron chi connectivity index (χ4n) is 2.71. The van der Waals surface area contributed by atoms with Crippen molar-refractivity contribution in [1.82, 2.24) is 9.97 Å². The Kier molecular flexibility index (Phi) is 3.74. The molecule has 1 aromatic carbocycles. The monoisotopic (exact) mass is 256 g/mol. The van der Waals surface area contributed by atoms with Gasteiger partial charge in [-0.1, -0.05) is 31.9 Å². The number of nitrogens with zero attached hydrogens (tertiary/aromatic N) is 2. The fourth-order valence-corrected chi connectivity index (χ4v) is 2.71. The second-order valence-electron chi connectivity index (χ2n) is 5.21. The highest BCUT2D eigenvalue weighted by Crippen LogP contribution is 2.27. The van der Waals surface area contributed by atoms with Crippen LogP contribution < -0.4 is 0 Å². The minimum absolute atomic E-state index is 0.412. The molecule has 0 amide bonds. The Morgan fingerprint density at radius 2 is 2.00 bits per heavy atom. The molecule has 0 saturated carbocycles. The number of ether oxygens (including phenoxy) is 1. The number of fused-ring (bicyclic) bond motifs is 2. The average Bonchev–Trinajstić information content (AvgIpc) is 2.64. The van der Waals surface area contributed by atoms with Gasteiger partial charge in [0.15, 0.2) is 0 Å². The van der Waals surface area contributed by atoms with Crippen molar-refractivity contribution in [3.63, 3.8) is 0 Å². The first-order valence-corrected chi connectivity index (χ1v) is 7.21. The van der Waals surface area contributed by atoms with Gasteiger partial charge in [-0.2, -0.15) is 0 Å². The molecule has 1 atom stereocenters. The number of aromatic nitrogens is 2. The highest BCUT2D eigenvalue weighted by atomic mass is 16.5. The van der Waals surface area contributed by atoms with E-state index in [2.05, 4.69) is 6.92 Å². The van der Waals surface area contributed by atoms with Crippen LogP contribution in [0.3, 0.4) is 0 Å². The van der Waals surface area contributed by atoms with Crippen LogP contribution in [0.25, 0.3) is 11.0 Å². The minimum Gasteiger partial charge on any atom is -0.380 e. The molecular weight excluding hydrogens is 236 g/mol. The molecule has 1 unspecified atom stereocenters. The van der Waals surface area contributed by atoms with Crippen molar-refractivity contribution in [3.05, 3.63) is 35.7 Å². The van der Waals surface area contributed by atoms with Gasteiger partial charge in [0.25, 0.3) is 0 Å². The normalized spacial score (nSPS) is 19.1. The summed E-state index contributed by atoms with van der Waals surface area (Å²) in [4.78, 5) is 9.66. The summed E-state index contributed by atoms with van der Waals surface area (Å²) in [6.45, 7) is 3.78. The summed E-state index contributed by atoms with van der Waals surface area (Å²) < 4.78 is 5.73. The van der Waals surface area contributed by atoms with Crippen LogP contribution in [0.2, 0.25) is 0 Å². The molecule has 2 aromatic rings. The Hall–Kier alpha value is -1.48. The van der Waals surface area contributed by atoms with E-state index in [0.717, 1.165) is 42.8 Å². The van der Waals surface area contributed by atoms with E-state index in [1.54, 1.807) is 0 Å². The number of para-hydroxylation sites is 2. The van der Waals surface area contributed by atoms with Crippen LogP contribution in [0.1, 0.15) is 43.5 Å². The maximum Gasteiger partial charge on any atom is 0.0890 e. The van der Waals surface area contributed by atoms with E-state index in [9.17, 15) is 0 Å². The van der Waals surface area contributed by atoms with Crippen LogP contribution >= 0.6 is 0 Å². The van der Waals surface area contributed by atoms with Gasteiger partial charge in [-0.25, -0.2) is 9.97 Å². The zero-order chi connectivity index (χ0) is 13.1. The van der Waals surface area contributed by atoms with Crippen molar-refractivity contribution in [1.29, 1.82) is 0 Å². The lowest BCUT2D eigenvalue weighted by molar-refractivity contribution is 0.126. The number of benzene rings is 1. The first kappa shape index (κ1) is 12.5. The Morgan fingerprint density at radius 3 is 2.79 bits per heavy atom. The van der Waals surface area contributed by atoms with E-state index in [1.807, 2.05) is 24.3 Å². The Balaban J connectivity index is 2.03. The van der Waals surface area contributed by atoms with Gasteiger partial charge in [0.05, 0.1) is 35.6 Å². The molecule has 1 aliphatic heterocycles. The smallest absolute Gasteiger partial charge is 0.0890 e. The van der Waals surface area contributed by atoms with Gasteiger partial charge in [-0.05, 0) is 18.6 Å². The Bertz CT molecular complexity index is 568. The summed E-state index contributed by atoms with van der Waals surface area (Å²) in [5, 5.41) is 0. The van der Waals surface area contributed by atoms with Gasteiger partial charge in [-0.3, -0.25) is 0 Å². The van der Waals surface area contributed by atoms with E-state index >= 15 is 0 Å². The lowest BCUT2D eigenvalue weighted by Crippen LogP contribution is -2.09. The first-order valence-electron chi connectivity index (χ1n) is 7.21. The van der Waals surface area contributed by atoms with Crippen molar-refractivity contribution < 1.29 is 4.74 Å². The van der Waals surface area contributed by atoms with Gasteiger partial charge in [0.1, 0.15) is 0 Å². The van der Waals surface area contributed by atoms with Crippen LogP contribution in [0, 0.1) is 0 Å². The maximum absolute atomic E-state index is 5.73. The Labute approximate surface area is 114 Å². The molecule has 2 heterocycles. The molecule has 0 N–H and O–H groups in total. The molecule has 0 bridgehead atoms. The quantitative estimate of drug-likeness (QED) is 0.843. The molecule has 19 heavy (non-hydrogen) atoms. The third kappa shape index (κ3) is 2.61. The van der Waals surface area contributed by atoms with Gasteiger partial charge in [0, 0.05) is 12.3 Å². The lowest BCUT2D eigenvalue weighted by Gasteiger charge is -2.15. The van der Waals surface area contributed by atoms with Gasteiger partial charge in [0.2, 0.25) is 0 Å². The maximum atomic E-state index is 5.73. The second kappa shape index (κ2) is 5.66. The zero-order valence-corrected chi connectivity index (χ0v) is 11.4. The lowest BCUT2D eigenvalue weighted by atomic mass is 9.97. The van der Waals surface area contributed by atoms with Gasteiger partial charge >= 0.3 is 0 Å². The van der Waals surface area contributed by atoms with Crippen molar-refractivity contribution in [2.75, 3.05) is 13.2 Å². The fraction of sp³-hybridized carbons (Fsp3) is 0.500. The predicted molar refractivity (Wildman–Crippen MR) is 76.3 cm³/mol. The molecular formula is C16H20N2O. The highest BCUT2D eigenvalue weighted by molar-refractivity contribution is 5.74. The highest BCUT2D eigenvalue weighted by Gasteiger charge is 2.22. The molecule has 3 heteroatoms. The largest absolute Gasteiger partial charge is 0.380 e. The number of rotatable bonds is 3. The topological polar surface area (TPSA) is 35.0 Å². The molecule has 1 aliphatic rings. The predicted octanol–water partition coefficient (Wildman–Crippen LogP) is 3.48. The third-order valence-electron chi connectivity index (χ3n) is 3.77. The number of hydrogen-bond acceptors (Lipinski definition) is 3. The molecule has 100 valence electrons. The molecule has 0 saturated heterocycles. The SMILES string of the molecule is CCCCC1COCCc2nc3ccccc3nc21. The minimum atomic E-state index is 0.412. The van der Waals surface area contributed by atoms with Crippen LogP contribution in [0.5, 0.6) is 0 Å². The third-order valence-corrected chi connectivity index (χ3v) is 3.77. The van der Waals surface area contributed by atoms with Crippen molar-refractivity contribution >= 4 is 11.0 Å². The molecule has 0 fully saturated rings. The Morgan fingerprint density at radius 1 is 1.21 bits per heavy atom. The van der Waals surface area contributed by atoms with Gasteiger partial charge in [-0.15, -0.1) is 0 Å².